The summed E-state index contributed by atoms with van der Waals surface area (Å²) in [5.74, 6) is 1.74. The molecular formula is C10H20N4. The molecule has 80 valence electrons. The van der Waals surface area contributed by atoms with Crippen molar-refractivity contribution in [2.75, 3.05) is 0 Å². The number of hydrogen-bond acceptors (Lipinski definition) is 3. The maximum absolute atomic E-state index is 6.07. The third-order valence-corrected chi connectivity index (χ3v) is 2.44. The lowest BCUT2D eigenvalue weighted by Crippen LogP contribution is -2.39. The van der Waals surface area contributed by atoms with Gasteiger partial charge in [0.05, 0.1) is 6.54 Å². The molecule has 0 aromatic carbocycles. The van der Waals surface area contributed by atoms with Crippen molar-refractivity contribution in [1.29, 1.82) is 0 Å². The first-order chi connectivity index (χ1) is 6.30. The number of aromatic nitrogens is 3. The van der Waals surface area contributed by atoms with Gasteiger partial charge in [-0.1, -0.05) is 20.8 Å². The number of rotatable bonds is 2. The normalized spacial score (nSPS) is 14.4. The topological polar surface area (TPSA) is 56.7 Å². The van der Waals surface area contributed by atoms with Crippen LogP contribution in [-0.4, -0.2) is 20.8 Å². The van der Waals surface area contributed by atoms with Crippen molar-refractivity contribution < 1.29 is 0 Å². The van der Waals surface area contributed by atoms with Crippen LogP contribution in [0.2, 0.25) is 0 Å². The van der Waals surface area contributed by atoms with Crippen LogP contribution in [0.5, 0.6) is 0 Å². The maximum Gasteiger partial charge on any atom is 0.147 e. The molecule has 1 unspecified atom stereocenters. The quantitative estimate of drug-likeness (QED) is 0.775. The molecule has 1 heterocycles. The molecule has 0 spiro atoms. The van der Waals surface area contributed by atoms with E-state index in [2.05, 4.69) is 30.9 Å². The minimum atomic E-state index is 0.0994. The summed E-state index contributed by atoms with van der Waals surface area (Å²) in [4.78, 5) is 4.24. The minimum Gasteiger partial charge on any atom is -0.326 e. The lowest BCUT2D eigenvalue weighted by molar-refractivity contribution is 0.281. The van der Waals surface area contributed by atoms with E-state index in [0.29, 0.717) is 0 Å². The molecule has 0 aliphatic rings. The molecule has 0 radical (unpaired) electrons. The van der Waals surface area contributed by atoms with Gasteiger partial charge in [0.25, 0.3) is 0 Å². The van der Waals surface area contributed by atoms with Crippen molar-refractivity contribution in [2.24, 2.45) is 11.1 Å². The van der Waals surface area contributed by atoms with Crippen LogP contribution in [0.15, 0.2) is 0 Å². The van der Waals surface area contributed by atoms with Gasteiger partial charge in [-0.05, 0) is 19.3 Å². The van der Waals surface area contributed by atoms with Gasteiger partial charge < -0.3 is 5.73 Å². The van der Waals surface area contributed by atoms with Gasteiger partial charge in [-0.25, -0.2) is 9.67 Å². The minimum absolute atomic E-state index is 0.0994. The SMILES string of the molecule is Cc1nc(C)n(CC(N)C(C)(C)C)n1. The Labute approximate surface area is 85.5 Å². The summed E-state index contributed by atoms with van der Waals surface area (Å²) in [5.41, 5.74) is 6.18. The summed E-state index contributed by atoms with van der Waals surface area (Å²) in [6, 6.07) is 0.0994. The van der Waals surface area contributed by atoms with Gasteiger partial charge in [0.2, 0.25) is 0 Å². The van der Waals surface area contributed by atoms with Crippen molar-refractivity contribution in [3.63, 3.8) is 0 Å². The molecule has 14 heavy (non-hydrogen) atoms. The van der Waals surface area contributed by atoms with Crippen LogP contribution >= 0.6 is 0 Å². The fraction of sp³-hybridized carbons (Fsp3) is 0.800. The highest BCUT2D eigenvalue weighted by molar-refractivity contribution is 4.89. The molecule has 0 amide bonds. The molecule has 0 saturated carbocycles. The van der Waals surface area contributed by atoms with Gasteiger partial charge in [0.15, 0.2) is 0 Å². The molecule has 1 aromatic rings. The van der Waals surface area contributed by atoms with Crippen LogP contribution in [0.3, 0.4) is 0 Å². The van der Waals surface area contributed by atoms with E-state index in [0.717, 1.165) is 18.2 Å². The molecule has 0 aliphatic heterocycles. The highest BCUT2D eigenvalue weighted by Gasteiger charge is 2.21. The summed E-state index contributed by atoms with van der Waals surface area (Å²) in [6.07, 6.45) is 0. The zero-order valence-electron chi connectivity index (χ0n) is 9.70. The summed E-state index contributed by atoms with van der Waals surface area (Å²) < 4.78 is 1.88. The maximum atomic E-state index is 6.07. The lowest BCUT2D eigenvalue weighted by atomic mass is 9.87. The van der Waals surface area contributed by atoms with E-state index >= 15 is 0 Å². The predicted molar refractivity (Wildman–Crippen MR) is 56.9 cm³/mol. The van der Waals surface area contributed by atoms with E-state index in [1.165, 1.54) is 0 Å². The predicted octanol–water partition coefficient (Wildman–Crippen LogP) is 1.27. The Kier molecular flexibility index (Phi) is 2.95. The molecule has 2 N–H and O–H groups in total. The zero-order chi connectivity index (χ0) is 10.9. The molecule has 0 aliphatic carbocycles. The summed E-state index contributed by atoms with van der Waals surface area (Å²) in [7, 11) is 0. The van der Waals surface area contributed by atoms with Gasteiger partial charge >= 0.3 is 0 Å². The third-order valence-electron chi connectivity index (χ3n) is 2.44. The van der Waals surface area contributed by atoms with Crippen LogP contribution in [-0.2, 0) is 6.54 Å². The molecule has 4 heteroatoms. The van der Waals surface area contributed by atoms with Crippen LogP contribution in [0.4, 0.5) is 0 Å². The van der Waals surface area contributed by atoms with Gasteiger partial charge in [0, 0.05) is 6.04 Å². The Balaban J connectivity index is 2.74. The number of nitrogens with two attached hydrogens (primary N) is 1. The van der Waals surface area contributed by atoms with E-state index < -0.39 is 0 Å². The number of nitrogens with zero attached hydrogens (tertiary/aromatic N) is 3. The van der Waals surface area contributed by atoms with Gasteiger partial charge in [-0.2, -0.15) is 5.10 Å². The van der Waals surface area contributed by atoms with Gasteiger partial charge in [-0.3, -0.25) is 0 Å². The Morgan fingerprint density at radius 2 is 1.93 bits per heavy atom. The van der Waals surface area contributed by atoms with Crippen molar-refractivity contribution in [3.05, 3.63) is 11.6 Å². The highest BCUT2D eigenvalue weighted by atomic mass is 15.3. The Hall–Kier alpha value is -0.900. The third kappa shape index (κ3) is 2.54. The molecular weight excluding hydrogens is 176 g/mol. The van der Waals surface area contributed by atoms with E-state index in [4.69, 9.17) is 5.73 Å². The molecule has 4 nitrogen and oxygen atoms in total. The van der Waals surface area contributed by atoms with Crippen LogP contribution in [0.1, 0.15) is 32.4 Å². The summed E-state index contributed by atoms with van der Waals surface area (Å²) in [6.45, 7) is 11.0. The second kappa shape index (κ2) is 3.69. The largest absolute Gasteiger partial charge is 0.326 e. The Morgan fingerprint density at radius 1 is 1.36 bits per heavy atom. The molecule has 0 bridgehead atoms. The standard InChI is InChI=1S/C10H20N4/c1-7-12-8(2)14(13-7)6-9(11)10(3,4)5/h9H,6,11H2,1-5H3. The van der Waals surface area contributed by atoms with E-state index in [-0.39, 0.29) is 11.5 Å². The van der Waals surface area contributed by atoms with Crippen molar-refractivity contribution in [1.82, 2.24) is 14.8 Å². The summed E-state index contributed by atoms with van der Waals surface area (Å²) >= 11 is 0. The van der Waals surface area contributed by atoms with E-state index in [9.17, 15) is 0 Å². The molecule has 0 fully saturated rings. The molecule has 1 atom stereocenters. The van der Waals surface area contributed by atoms with Gasteiger partial charge in [-0.15, -0.1) is 0 Å². The second-order valence-corrected chi connectivity index (χ2v) is 4.86. The Morgan fingerprint density at radius 3 is 2.29 bits per heavy atom. The smallest absolute Gasteiger partial charge is 0.147 e. The summed E-state index contributed by atoms with van der Waals surface area (Å²) in [5, 5.41) is 4.29. The molecule has 1 rings (SSSR count). The van der Waals surface area contributed by atoms with E-state index in [1.54, 1.807) is 0 Å². The monoisotopic (exact) mass is 196 g/mol. The van der Waals surface area contributed by atoms with Crippen molar-refractivity contribution >= 4 is 0 Å². The first-order valence-electron chi connectivity index (χ1n) is 4.94. The van der Waals surface area contributed by atoms with Crippen molar-refractivity contribution in [2.45, 2.75) is 47.2 Å². The van der Waals surface area contributed by atoms with Crippen LogP contribution in [0, 0.1) is 19.3 Å². The molecule has 1 aromatic heterocycles. The molecule has 0 saturated heterocycles. The lowest BCUT2D eigenvalue weighted by Gasteiger charge is -2.26. The first-order valence-corrected chi connectivity index (χ1v) is 4.94. The zero-order valence-corrected chi connectivity index (χ0v) is 9.70. The van der Waals surface area contributed by atoms with Crippen molar-refractivity contribution in [3.8, 4) is 0 Å². The number of aryl methyl sites for hydroxylation is 2. The van der Waals surface area contributed by atoms with Gasteiger partial charge in [0.1, 0.15) is 11.6 Å². The van der Waals surface area contributed by atoms with Crippen LogP contribution in [0.25, 0.3) is 0 Å². The van der Waals surface area contributed by atoms with Crippen LogP contribution < -0.4 is 5.73 Å². The average Bonchev–Trinajstić information content (AvgIpc) is 2.28. The Bertz CT molecular complexity index is 308. The number of hydrogen-bond donors (Lipinski definition) is 1. The fourth-order valence-electron chi connectivity index (χ4n) is 1.19. The fourth-order valence-corrected chi connectivity index (χ4v) is 1.19. The first kappa shape index (κ1) is 11.2. The van der Waals surface area contributed by atoms with E-state index in [1.807, 2.05) is 18.5 Å². The average molecular weight is 196 g/mol. The second-order valence-electron chi connectivity index (χ2n) is 4.86. The highest BCUT2D eigenvalue weighted by Crippen LogP contribution is 2.18.